The number of thiocarbonyl (C=S) groups is 1. The van der Waals surface area contributed by atoms with Crippen molar-refractivity contribution >= 4 is 17.2 Å². The summed E-state index contributed by atoms with van der Waals surface area (Å²) in [7, 11) is 0. The summed E-state index contributed by atoms with van der Waals surface area (Å²) < 4.78 is 1.69. The molecule has 0 saturated heterocycles. The van der Waals surface area contributed by atoms with Gasteiger partial charge in [0.2, 0.25) is 5.56 Å². The lowest BCUT2D eigenvalue weighted by atomic mass is 10.2. The molecule has 0 aliphatic carbocycles. The average Bonchev–Trinajstić information content (AvgIpc) is 2.15. The maximum absolute atomic E-state index is 11.3. The number of nitrogens with two attached hydrogens (primary N) is 1. The standard InChI is InChI=1S/C10H14N2OS/c11-9(14)5-1-3-7-12-8-4-2-6-10(12)13/h2,4,6,8H,1,3,5,7H2,(H2,11,14). The number of hydrogen-bond donors (Lipinski definition) is 1. The lowest BCUT2D eigenvalue weighted by Crippen LogP contribution is -2.18. The first-order valence-electron chi connectivity index (χ1n) is 4.64. The van der Waals surface area contributed by atoms with E-state index in [-0.39, 0.29) is 5.56 Å². The predicted molar refractivity (Wildman–Crippen MR) is 61.3 cm³/mol. The Morgan fingerprint density at radius 3 is 2.86 bits per heavy atom. The van der Waals surface area contributed by atoms with Gasteiger partial charge in [-0.1, -0.05) is 18.3 Å². The van der Waals surface area contributed by atoms with E-state index in [1.807, 2.05) is 6.07 Å². The van der Waals surface area contributed by atoms with Crippen LogP contribution in [0.25, 0.3) is 0 Å². The minimum absolute atomic E-state index is 0.0443. The van der Waals surface area contributed by atoms with Gasteiger partial charge in [-0.2, -0.15) is 0 Å². The minimum Gasteiger partial charge on any atom is -0.393 e. The number of hydrogen-bond acceptors (Lipinski definition) is 2. The maximum Gasteiger partial charge on any atom is 0.250 e. The van der Waals surface area contributed by atoms with Crippen molar-refractivity contribution in [3.63, 3.8) is 0 Å². The first-order chi connectivity index (χ1) is 6.70. The lowest BCUT2D eigenvalue weighted by molar-refractivity contribution is 0.603. The molecule has 0 unspecified atom stereocenters. The van der Waals surface area contributed by atoms with Gasteiger partial charge < -0.3 is 10.3 Å². The molecular weight excluding hydrogens is 196 g/mol. The van der Waals surface area contributed by atoms with Crippen LogP contribution in [-0.4, -0.2) is 9.56 Å². The summed E-state index contributed by atoms with van der Waals surface area (Å²) in [5.74, 6) is 0. The molecule has 1 rings (SSSR count). The van der Waals surface area contributed by atoms with Crippen LogP contribution in [0.2, 0.25) is 0 Å². The highest BCUT2D eigenvalue weighted by atomic mass is 32.1. The summed E-state index contributed by atoms with van der Waals surface area (Å²) in [4.78, 5) is 11.8. The molecule has 3 nitrogen and oxygen atoms in total. The zero-order valence-electron chi connectivity index (χ0n) is 7.98. The second-order valence-corrected chi connectivity index (χ2v) is 3.68. The van der Waals surface area contributed by atoms with E-state index in [1.165, 1.54) is 0 Å². The maximum atomic E-state index is 11.3. The van der Waals surface area contributed by atoms with Gasteiger partial charge in [0, 0.05) is 18.8 Å². The molecule has 0 bridgehead atoms. The van der Waals surface area contributed by atoms with Crippen LogP contribution >= 0.6 is 12.2 Å². The number of rotatable bonds is 5. The van der Waals surface area contributed by atoms with Gasteiger partial charge in [0.25, 0.3) is 0 Å². The smallest absolute Gasteiger partial charge is 0.250 e. The molecule has 1 aromatic heterocycles. The van der Waals surface area contributed by atoms with Gasteiger partial charge in [0.1, 0.15) is 0 Å². The van der Waals surface area contributed by atoms with Gasteiger partial charge in [-0.25, -0.2) is 0 Å². The third-order valence-electron chi connectivity index (χ3n) is 1.97. The highest BCUT2D eigenvalue weighted by Gasteiger charge is 1.94. The third-order valence-corrected chi connectivity index (χ3v) is 2.18. The molecular formula is C10H14N2OS. The van der Waals surface area contributed by atoms with Gasteiger partial charge >= 0.3 is 0 Å². The summed E-state index contributed by atoms with van der Waals surface area (Å²) in [6, 6.07) is 5.16. The summed E-state index contributed by atoms with van der Waals surface area (Å²) in [5, 5.41) is 0. The fraction of sp³-hybridized carbons (Fsp3) is 0.400. The fourth-order valence-electron chi connectivity index (χ4n) is 1.23. The molecule has 0 amide bonds. The Bertz CT molecular complexity index is 359. The highest BCUT2D eigenvalue weighted by Crippen LogP contribution is 1.97. The average molecular weight is 210 g/mol. The van der Waals surface area contributed by atoms with Gasteiger partial charge in [0.15, 0.2) is 0 Å². The Morgan fingerprint density at radius 2 is 2.21 bits per heavy atom. The highest BCUT2D eigenvalue weighted by molar-refractivity contribution is 7.80. The molecule has 4 heteroatoms. The monoisotopic (exact) mass is 210 g/mol. The molecule has 0 aliphatic rings. The van der Waals surface area contributed by atoms with Crippen molar-refractivity contribution in [2.75, 3.05) is 0 Å². The summed E-state index contributed by atoms with van der Waals surface area (Å²) in [6.07, 6.45) is 4.43. The Hall–Kier alpha value is -1.16. The zero-order valence-corrected chi connectivity index (χ0v) is 8.80. The van der Waals surface area contributed by atoms with Crippen LogP contribution in [0.5, 0.6) is 0 Å². The predicted octanol–water partition coefficient (Wildman–Crippen LogP) is 1.30. The molecule has 2 N–H and O–H groups in total. The molecule has 0 aliphatic heterocycles. The number of aromatic nitrogens is 1. The van der Waals surface area contributed by atoms with E-state index < -0.39 is 0 Å². The van der Waals surface area contributed by atoms with Crippen molar-refractivity contribution in [3.05, 3.63) is 34.7 Å². The van der Waals surface area contributed by atoms with Crippen molar-refractivity contribution in [2.45, 2.75) is 25.8 Å². The SMILES string of the molecule is NC(=S)CCCCn1ccccc1=O. The Balaban J connectivity index is 2.35. The minimum atomic E-state index is 0.0443. The first-order valence-corrected chi connectivity index (χ1v) is 5.05. The van der Waals surface area contributed by atoms with E-state index >= 15 is 0 Å². The molecule has 0 fully saturated rings. The topological polar surface area (TPSA) is 48.0 Å². The van der Waals surface area contributed by atoms with E-state index in [9.17, 15) is 4.79 Å². The summed E-state index contributed by atoms with van der Waals surface area (Å²) in [6.45, 7) is 0.738. The molecule has 0 saturated carbocycles. The van der Waals surface area contributed by atoms with Crippen molar-refractivity contribution in [2.24, 2.45) is 5.73 Å². The van der Waals surface area contributed by atoms with Crippen LogP contribution in [0.1, 0.15) is 19.3 Å². The molecule has 14 heavy (non-hydrogen) atoms. The Labute approximate surface area is 88.5 Å². The molecule has 0 aromatic carbocycles. The van der Waals surface area contributed by atoms with Gasteiger partial charge in [-0.05, 0) is 25.3 Å². The Morgan fingerprint density at radius 1 is 1.43 bits per heavy atom. The molecule has 1 aromatic rings. The van der Waals surface area contributed by atoms with Crippen molar-refractivity contribution < 1.29 is 0 Å². The van der Waals surface area contributed by atoms with E-state index in [0.29, 0.717) is 4.99 Å². The first kappa shape index (κ1) is 10.9. The van der Waals surface area contributed by atoms with E-state index in [1.54, 1.807) is 22.9 Å². The van der Waals surface area contributed by atoms with Gasteiger partial charge in [0.05, 0.1) is 4.99 Å². The summed E-state index contributed by atoms with van der Waals surface area (Å²) >= 11 is 4.76. The molecule has 0 radical (unpaired) electrons. The van der Waals surface area contributed by atoms with Crippen molar-refractivity contribution in [1.82, 2.24) is 4.57 Å². The molecule has 76 valence electrons. The number of unbranched alkanes of at least 4 members (excludes halogenated alkanes) is 1. The Kier molecular flexibility index (Phi) is 4.32. The van der Waals surface area contributed by atoms with Crippen LogP contribution in [0.4, 0.5) is 0 Å². The molecule has 0 atom stereocenters. The van der Waals surface area contributed by atoms with Crippen molar-refractivity contribution in [3.8, 4) is 0 Å². The largest absolute Gasteiger partial charge is 0.393 e. The third kappa shape index (κ3) is 3.70. The van der Waals surface area contributed by atoms with Crippen molar-refractivity contribution in [1.29, 1.82) is 0 Å². The van der Waals surface area contributed by atoms with E-state index in [2.05, 4.69) is 0 Å². The number of pyridine rings is 1. The fourth-order valence-corrected chi connectivity index (χ4v) is 1.37. The van der Waals surface area contributed by atoms with Gasteiger partial charge in [-0.3, -0.25) is 4.79 Å². The second-order valence-electron chi connectivity index (χ2n) is 3.16. The normalized spacial score (nSPS) is 10.0. The van der Waals surface area contributed by atoms with Gasteiger partial charge in [-0.15, -0.1) is 0 Å². The van der Waals surface area contributed by atoms with E-state index in [0.717, 1.165) is 25.8 Å². The second kappa shape index (κ2) is 5.54. The molecule has 0 spiro atoms. The van der Waals surface area contributed by atoms with Crippen LogP contribution in [0.3, 0.4) is 0 Å². The lowest BCUT2D eigenvalue weighted by Gasteiger charge is -2.03. The quantitative estimate of drug-likeness (QED) is 0.588. The van der Waals surface area contributed by atoms with Crippen LogP contribution < -0.4 is 11.3 Å². The summed E-state index contributed by atoms with van der Waals surface area (Å²) in [5.41, 5.74) is 5.41. The number of nitrogens with zero attached hydrogens (tertiary/aromatic N) is 1. The van der Waals surface area contributed by atoms with Crippen LogP contribution in [0, 0.1) is 0 Å². The zero-order chi connectivity index (χ0) is 10.4. The van der Waals surface area contributed by atoms with Crippen LogP contribution in [-0.2, 0) is 6.54 Å². The molecule has 1 heterocycles. The van der Waals surface area contributed by atoms with E-state index in [4.69, 9.17) is 18.0 Å². The van der Waals surface area contributed by atoms with Crippen LogP contribution in [0.15, 0.2) is 29.2 Å². The number of aryl methyl sites for hydroxylation is 1.